The molecule has 0 aromatic heterocycles. The third-order valence-electron chi connectivity index (χ3n) is 1.71. The van der Waals surface area contributed by atoms with Gasteiger partial charge < -0.3 is 5.73 Å². The van der Waals surface area contributed by atoms with Crippen LogP contribution in [0.15, 0.2) is 22.7 Å². The Kier molecular flexibility index (Phi) is 3.47. The second-order valence-electron chi connectivity index (χ2n) is 2.69. The van der Waals surface area contributed by atoms with Gasteiger partial charge in [0.1, 0.15) is 5.82 Å². The molecule has 0 fully saturated rings. The first-order chi connectivity index (χ1) is 6.15. The van der Waals surface area contributed by atoms with E-state index in [-0.39, 0.29) is 11.9 Å². The predicted octanol–water partition coefficient (Wildman–Crippen LogP) is 2.61. The minimum Gasteiger partial charge on any atom is -0.323 e. The second-order valence-corrected chi connectivity index (χ2v) is 3.54. The van der Waals surface area contributed by atoms with E-state index in [2.05, 4.69) is 21.9 Å². The van der Waals surface area contributed by atoms with Gasteiger partial charge in [0.05, 0.1) is 4.47 Å². The summed E-state index contributed by atoms with van der Waals surface area (Å²) < 4.78 is 13.5. The molecule has 0 bridgehead atoms. The van der Waals surface area contributed by atoms with Crippen LogP contribution in [-0.2, 0) is 0 Å². The van der Waals surface area contributed by atoms with Gasteiger partial charge in [-0.05, 0) is 33.6 Å². The summed E-state index contributed by atoms with van der Waals surface area (Å²) >= 11 is 3.06. The largest absolute Gasteiger partial charge is 0.323 e. The van der Waals surface area contributed by atoms with Crippen LogP contribution in [0.5, 0.6) is 0 Å². The van der Waals surface area contributed by atoms with Gasteiger partial charge in [-0.3, -0.25) is 0 Å². The molecule has 0 heterocycles. The summed E-state index contributed by atoms with van der Waals surface area (Å²) in [5.41, 5.74) is 6.42. The number of halogens is 2. The average Bonchev–Trinajstić information content (AvgIpc) is 2.10. The molecule has 0 aliphatic carbocycles. The predicted molar refractivity (Wildman–Crippen MR) is 54.5 cm³/mol. The molecule has 0 saturated heterocycles. The lowest BCUT2D eigenvalue weighted by molar-refractivity contribution is 0.614. The average molecular weight is 242 g/mol. The van der Waals surface area contributed by atoms with Gasteiger partial charge in [0, 0.05) is 12.5 Å². The van der Waals surface area contributed by atoms with Crippen molar-refractivity contribution in [2.45, 2.75) is 12.5 Å². The molecule has 3 heteroatoms. The van der Waals surface area contributed by atoms with Gasteiger partial charge in [-0.15, -0.1) is 12.3 Å². The number of terminal acetylenes is 1. The SMILES string of the molecule is C#CCC(N)c1ccc(Br)c(F)c1. The molecule has 13 heavy (non-hydrogen) atoms. The minimum atomic E-state index is -0.315. The maximum Gasteiger partial charge on any atom is 0.137 e. The van der Waals surface area contributed by atoms with Crippen molar-refractivity contribution in [1.82, 2.24) is 0 Å². The number of benzene rings is 1. The molecule has 0 aliphatic rings. The highest BCUT2D eigenvalue weighted by atomic mass is 79.9. The first-order valence-electron chi connectivity index (χ1n) is 3.79. The van der Waals surface area contributed by atoms with E-state index >= 15 is 0 Å². The van der Waals surface area contributed by atoms with Gasteiger partial charge in [0.15, 0.2) is 0 Å². The first-order valence-corrected chi connectivity index (χ1v) is 4.58. The zero-order chi connectivity index (χ0) is 9.84. The number of nitrogens with two attached hydrogens (primary N) is 1. The summed E-state index contributed by atoms with van der Waals surface area (Å²) in [5.74, 6) is 2.13. The van der Waals surface area contributed by atoms with E-state index < -0.39 is 0 Å². The summed E-state index contributed by atoms with van der Waals surface area (Å²) in [5, 5.41) is 0. The molecule has 0 saturated carbocycles. The van der Waals surface area contributed by atoms with Crippen LogP contribution in [0.2, 0.25) is 0 Å². The maximum absolute atomic E-state index is 13.0. The smallest absolute Gasteiger partial charge is 0.137 e. The van der Waals surface area contributed by atoms with E-state index in [0.29, 0.717) is 10.9 Å². The lowest BCUT2D eigenvalue weighted by atomic mass is 10.1. The molecule has 0 spiro atoms. The van der Waals surface area contributed by atoms with Gasteiger partial charge in [-0.2, -0.15) is 0 Å². The highest BCUT2D eigenvalue weighted by molar-refractivity contribution is 9.10. The van der Waals surface area contributed by atoms with Gasteiger partial charge >= 0.3 is 0 Å². The molecule has 1 nitrogen and oxygen atoms in total. The van der Waals surface area contributed by atoms with Crippen molar-refractivity contribution in [3.8, 4) is 12.3 Å². The molecule has 0 aliphatic heterocycles. The number of hydrogen-bond donors (Lipinski definition) is 1. The molecule has 0 radical (unpaired) electrons. The van der Waals surface area contributed by atoms with Crippen molar-refractivity contribution in [1.29, 1.82) is 0 Å². The Bertz CT molecular complexity index is 343. The highest BCUT2D eigenvalue weighted by Crippen LogP contribution is 2.20. The summed E-state index contributed by atoms with van der Waals surface area (Å²) in [6.45, 7) is 0. The van der Waals surface area contributed by atoms with Gasteiger partial charge in [0.25, 0.3) is 0 Å². The van der Waals surface area contributed by atoms with Crippen LogP contribution in [0, 0.1) is 18.2 Å². The monoisotopic (exact) mass is 241 g/mol. The topological polar surface area (TPSA) is 26.0 Å². The van der Waals surface area contributed by atoms with Gasteiger partial charge in [0.2, 0.25) is 0 Å². The Balaban J connectivity index is 2.91. The summed E-state index contributed by atoms with van der Waals surface area (Å²) in [6, 6.07) is 4.50. The van der Waals surface area contributed by atoms with Crippen molar-refractivity contribution in [3.63, 3.8) is 0 Å². The third kappa shape index (κ3) is 2.55. The van der Waals surface area contributed by atoms with E-state index in [9.17, 15) is 4.39 Å². The van der Waals surface area contributed by atoms with Crippen LogP contribution in [0.3, 0.4) is 0 Å². The van der Waals surface area contributed by atoms with E-state index in [0.717, 1.165) is 5.56 Å². The van der Waals surface area contributed by atoms with Crippen molar-refractivity contribution < 1.29 is 4.39 Å². The Hall–Kier alpha value is -0.850. The molecule has 1 rings (SSSR count). The Morgan fingerprint density at radius 1 is 1.62 bits per heavy atom. The van der Waals surface area contributed by atoms with Crippen molar-refractivity contribution >= 4 is 15.9 Å². The summed E-state index contributed by atoms with van der Waals surface area (Å²) in [7, 11) is 0. The second kappa shape index (κ2) is 4.40. The van der Waals surface area contributed by atoms with E-state index in [1.165, 1.54) is 6.07 Å². The quantitative estimate of drug-likeness (QED) is 0.792. The standard InChI is InChI=1S/C10H9BrFN/c1-2-3-10(13)7-4-5-8(11)9(12)6-7/h1,4-6,10H,3,13H2. The molecular weight excluding hydrogens is 233 g/mol. The maximum atomic E-state index is 13.0. The van der Waals surface area contributed by atoms with Crippen molar-refractivity contribution in [3.05, 3.63) is 34.1 Å². The van der Waals surface area contributed by atoms with E-state index in [4.69, 9.17) is 12.2 Å². The van der Waals surface area contributed by atoms with Crippen LogP contribution in [0.25, 0.3) is 0 Å². The van der Waals surface area contributed by atoms with Gasteiger partial charge in [-0.1, -0.05) is 6.07 Å². The number of hydrogen-bond acceptors (Lipinski definition) is 1. The lowest BCUT2D eigenvalue weighted by Gasteiger charge is -2.08. The van der Waals surface area contributed by atoms with Crippen LogP contribution in [0.4, 0.5) is 4.39 Å². The minimum absolute atomic E-state index is 0.285. The van der Waals surface area contributed by atoms with E-state index in [1.54, 1.807) is 12.1 Å². The summed E-state index contributed by atoms with van der Waals surface area (Å²) in [4.78, 5) is 0. The fraction of sp³-hybridized carbons (Fsp3) is 0.200. The third-order valence-corrected chi connectivity index (χ3v) is 2.35. The van der Waals surface area contributed by atoms with E-state index in [1.807, 2.05) is 0 Å². The Morgan fingerprint density at radius 2 is 2.31 bits per heavy atom. The van der Waals surface area contributed by atoms with Crippen LogP contribution < -0.4 is 5.73 Å². The molecule has 68 valence electrons. The lowest BCUT2D eigenvalue weighted by Crippen LogP contribution is -2.09. The fourth-order valence-electron chi connectivity index (χ4n) is 0.988. The van der Waals surface area contributed by atoms with Crippen LogP contribution in [0.1, 0.15) is 18.0 Å². The van der Waals surface area contributed by atoms with Crippen LogP contribution in [-0.4, -0.2) is 0 Å². The highest BCUT2D eigenvalue weighted by Gasteiger charge is 2.06. The molecule has 0 amide bonds. The van der Waals surface area contributed by atoms with Gasteiger partial charge in [-0.25, -0.2) is 4.39 Å². The molecule has 1 aromatic rings. The molecule has 2 N–H and O–H groups in total. The Morgan fingerprint density at radius 3 is 2.85 bits per heavy atom. The van der Waals surface area contributed by atoms with Crippen molar-refractivity contribution in [2.24, 2.45) is 5.73 Å². The Labute approximate surface area is 85.3 Å². The summed E-state index contributed by atoms with van der Waals surface area (Å²) in [6.07, 6.45) is 5.52. The first kappa shape index (κ1) is 10.2. The van der Waals surface area contributed by atoms with Crippen molar-refractivity contribution in [2.75, 3.05) is 0 Å². The zero-order valence-electron chi connectivity index (χ0n) is 6.93. The molecular formula is C10H9BrFN. The number of rotatable bonds is 2. The normalized spacial score (nSPS) is 12.2. The molecule has 1 atom stereocenters. The van der Waals surface area contributed by atoms with Crippen LogP contribution >= 0.6 is 15.9 Å². The zero-order valence-corrected chi connectivity index (χ0v) is 8.51. The molecule has 1 unspecified atom stereocenters. The fourth-order valence-corrected chi connectivity index (χ4v) is 1.23. The molecule has 1 aromatic carbocycles.